The maximum Gasteiger partial charge on any atom is 0.290 e. The fourth-order valence-electron chi connectivity index (χ4n) is 3.49. The summed E-state index contributed by atoms with van der Waals surface area (Å²) >= 11 is 0. The minimum absolute atomic E-state index is 0.0766. The van der Waals surface area contributed by atoms with Gasteiger partial charge in [0.05, 0.1) is 0 Å². The van der Waals surface area contributed by atoms with Gasteiger partial charge in [0.25, 0.3) is 12.4 Å². The first-order valence-corrected chi connectivity index (χ1v) is 9.01. The van der Waals surface area contributed by atoms with Crippen molar-refractivity contribution in [3.63, 3.8) is 0 Å². The van der Waals surface area contributed by atoms with E-state index in [4.69, 9.17) is 9.90 Å². The van der Waals surface area contributed by atoms with E-state index in [-0.39, 0.29) is 12.4 Å². The van der Waals surface area contributed by atoms with Gasteiger partial charge in [-0.1, -0.05) is 42.5 Å². The molecule has 0 saturated carbocycles. The highest BCUT2D eigenvalue weighted by Gasteiger charge is 2.26. The van der Waals surface area contributed by atoms with Crippen molar-refractivity contribution in [1.29, 1.82) is 0 Å². The lowest BCUT2D eigenvalue weighted by atomic mass is 9.95. The molecule has 142 valence electrons. The standard InChI is InChI=1S/C22H20N2O.CH2O2/c1-15-7-3-4-8-19(15)20-9-5-6-10-21(20)22(25)24-13-17-11-16(2)23-12-18(17)14-24;2-1-3/h3-12H,13-14H2,1-2H3;1H,(H,2,3). The first-order chi connectivity index (χ1) is 13.5. The summed E-state index contributed by atoms with van der Waals surface area (Å²) in [6.45, 7) is 5.10. The highest BCUT2D eigenvalue weighted by Crippen LogP contribution is 2.30. The zero-order valence-electron chi connectivity index (χ0n) is 15.9. The van der Waals surface area contributed by atoms with Crippen molar-refractivity contribution >= 4 is 12.4 Å². The van der Waals surface area contributed by atoms with Gasteiger partial charge in [-0.25, -0.2) is 0 Å². The van der Waals surface area contributed by atoms with E-state index in [9.17, 15) is 4.79 Å². The van der Waals surface area contributed by atoms with Crippen molar-refractivity contribution in [3.05, 3.63) is 88.7 Å². The predicted molar refractivity (Wildman–Crippen MR) is 108 cm³/mol. The Balaban J connectivity index is 0.000000706. The highest BCUT2D eigenvalue weighted by molar-refractivity contribution is 6.01. The largest absolute Gasteiger partial charge is 0.483 e. The molecule has 1 aliphatic heterocycles. The van der Waals surface area contributed by atoms with Gasteiger partial charge >= 0.3 is 0 Å². The Morgan fingerprint density at radius 3 is 2.32 bits per heavy atom. The lowest BCUT2D eigenvalue weighted by Gasteiger charge is -2.18. The molecule has 0 unspecified atom stereocenters. The zero-order valence-corrected chi connectivity index (χ0v) is 15.9. The molecule has 5 heteroatoms. The molecule has 1 aliphatic rings. The van der Waals surface area contributed by atoms with Crippen molar-refractivity contribution in [2.24, 2.45) is 0 Å². The van der Waals surface area contributed by atoms with Crippen molar-refractivity contribution in [3.8, 4) is 11.1 Å². The second kappa shape index (κ2) is 8.48. The quantitative estimate of drug-likeness (QED) is 0.682. The Labute approximate surface area is 164 Å². The van der Waals surface area contributed by atoms with E-state index in [1.807, 2.05) is 54.4 Å². The van der Waals surface area contributed by atoms with Crippen LogP contribution < -0.4 is 0 Å². The van der Waals surface area contributed by atoms with Crippen LogP contribution in [0.3, 0.4) is 0 Å². The number of rotatable bonds is 2. The molecule has 28 heavy (non-hydrogen) atoms. The van der Waals surface area contributed by atoms with Gasteiger partial charge < -0.3 is 10.0 Å². The van der Waals surface area contributed by atoms with Crippen LogP contribution in [0, 0.1) is 13.8 Å². The maximum absolute atomic E-state index is 13.2. The van der Waals surface area contributed by atoms with Crippen LogP contribution in [0.25, 0.3) is 11.1 Å². The van der Waals surface area contributed by atoms with Crippen LogP contribution in [0.15, 0.2) is 60.8 Å². The zero-order chi connectivity index (χ0) is 20.1. The Morgan fingerprint density at radius 1 is 1.00 bits per heavy atom. The molecule has 3 aromatic rings. The summed E-state index contributed by atoms with van der Waals surface area (Å²) in [6, 6.07) is 18.2. The number of benzene rings is 2. The topological polar surface area (TPSA) is 70.5 Å². The molecule has 0 saturated heterocycles. The normalized spacial score (nSPS) is 12.0. The second-order valence-corrected chi connectivity index (χ2v) is 6.72. The van der Waals surface area contributed by atoms with Crippen LogP contribution in [0.1, 0.15) is 32.7 Å². The molecule has 2 heterocycles. The van der Waals surface area contributed by atoms with Crippen molar-refractivity contribution in [1.82, 2.24) is 9.88 Å². The molecule has 0 atom stereocenters. The number of fused-ring (bicyclic) bond motifs is 1. The summed E-state index contributed by atoms with van der Waals surface area (Å²) in [4.78, 5) is 27.8. The van der Waals surface area contributed by atoms with Gasteiger partial charge in [-0.05, 0) is 53.8 Å². The Bertz CT molecular complexity index is 1010. The molecule has 0 radical (unpaired) electrons. The summed E-state index contributed by atoms with van der Waals surface area (Å²) in [7, 11) is 0. The Morgan fingerprint density at radius 2 is 1.61 bits per heavy atom. The van der Waals surface area contributed by atoms with Crippen LogP contribution in [0.5, 0.6) is 0 Å². The van der Waals surface area contributed by atoms with E-state index in [0.29, 0.717) is 13.1 Å². The average molecular weight is 374 g/mol. The maximum atomic E-state index is 13.2. The van der Waals surface area contributed by atoms with Gasteiger partial charge in [0.2, 0.25) is 0 Å². The third-order valence-electron chi connectivity index (χ3n) is 4.82. The molecule has 2 aromatic carbocycles. The first kappa shape index (κ1) is 19.3. The third-order valence-corrected chi connectivity index (χ3v) is 4.82. The highest BCUT2D eigenvalue weighted by atomic mass is 16.3. The number of hydrogen-bond donors (Lipinski definition) is 1. The monoisotopic (exact) mass is 374 g/mol. The van der Waals surface area contributed by atoms with Gasteiger partial charge in [0.1, 0.15) is 0 Å². The van der Waals surface area contributed by atoms with Gasteiger partial charge in [-0.2, -0.15) is 0 Å². The van der Waals surface area contributed by atoms with E-state index in [1.54, 1.807) is 0 Å². The number of hydrogen-bond acceptors (Lipinski definition) is 3. The number of aromatic nitrogens is 1. The fraction of sp³-hybridized carbons (Fsp3) is 0.174. The molecule has 4 rings (SSSR count). The summed E-state index contributed by atoms with van der Waals surface area (Å²) < 4.78 is 0. The van der Waals surface area contributed by atoms with Gasteiger partial charge in [0.15, 0.2) is 0 Å². The molecule has 1 amide bonds. The SMILES string of the molecule is Cc1cc2c(cn1)CN(C(=O)c1ccccc1-c1ccccc1C)C2.O=CO. The Kier molecular flexibility index (Phi) is 5.84. The number of aryl methyl sites for hydroxylation is 2. The van der Waals surface area contributed by atoms with Crippen molar-refractivity contribution in [2.45, 2.75) is 26.9 Å². The van der Waals surface area contributed by atoms with E-state index in [1.165, 1.54) is 11.1 Å². The second-order valence-electron chi connectivity index (χ2n) is 6.72. The summed E-state index contributed by atoms with van der Waals surface area (Å²) in [5.41, 5.74) is 7.38. The fourth-order valence-corrected chi connectivity index (χ4v) is 3.49. The van der Waals surface area contributed by atoms with Gasteiger partial charge in [-0.3, -0.25) is 14.6 Å². The number of amides is 1. The lowest BCUT2D eigenvalue weighted by Crippen LogP contribution is -2.25. The van der Waals surface area contributed by atoms with Crippen LogP contribution in [0.4, 0.5) is 0 Å². The predicted octanol–water partition coefficient (Wildman–Crippen LogP) is 4.22. The smallest absolute Gasteiger partial charge is 0.290 e. The van der Waals surface area contributed by atoms with Gasteiger partial charge in [0, 0.05) is 30.5 Å². The number of carbonyl (C=O) groups is 2. The number of nitrogens with zero attached hydrogens (tertiary/aromatic N) is 2. The summed E-state index contributed by atoms with van der Waals surface area (Å²) in [5.74, 6) is 0.0766. The van der Waals surface area contributed by atoms with E-state index in [0.717, 1.165) is 27.9 Å². The van der Waals surface area contributed by atoms with Crippen LogP contribution >= 0.6 is 0 Å². The third kappa shape index (κ3) is 3.93. The van der Waals surface area contributed by atoms with Crippen molar-refractivity contribution < 1.29 is 14.7 Å². The minimum Gasteiger partial charge on any atom is -0.483 e. The summed E-state index contributed by atoms with van der Waals surface area (Å²) in [6.07, 6.45) is 1.89. The number of carbonyl (C=O) groups excluding carboxylic acids is 1. The Hall–Kier alpha value is -3.47. The molecule has 5 nitrogen and oxygen atoms in total. The molecule has 0 spiro atoms. The van der Waals surface area contributed by atoms with Crippen LogP contribution in [-0.4, -0.2) is 27.4 Å². The molecular formula is C23H22N2O3. The van der Waals surface area contributed by atoms with Crippen LogP contribution in [-0.2, 0) is 17.9 Å². The summed E-state index contributed by atoms with van der Waals surface area (Å²) in [5, 5.41) is 6.89. The first-order valence-electron chi connectivity index (χ1n) is 9.01. The van der Waals surface area contributed by atoms with Crippen LogP contribution in [0.2, 0.25) is 0 Å². The van der Waals surface area contributed by atoms with Gasteiger partial charge in [-0.15, -0.1) is 0 Å². The van der Waals surface area contributed by atoms with E-state index in [2.05, 4.69) is 30.1 Å². The molecular weight excluding hydrogens is 352 g/mol. The molecule has 1 aromatic heterocycles. The number of carboxylic acid groups (broad SMARTS) is 1. The average Bonchev–Trinajstić information content (AvgIpc) is 3.12. The lowest BCUT2D eigenvalue weighted by molar-refractivity contribution is -0.122. The molecule has 0 aliphatic carbocycles. The van der Waals surface area contributed by atoms with E-state index >= 15 is 0 Å². The van der Waals surface area contributed by atoms with E-state index < -0.39 is 0 Å². The number of pyridine rings is 1. The molecule has 0 bridgehead atoms. The minimum atomic E-state index is -0.250. The van der Waals surface area contributed by atoms with Crippen molar-refractivity contribution in [2.75, 3.05) is 0 Å². The molecule has 1 N–H and O–H groups in total. The molecule has 0 fully saturated rings.